The van der Waals surface area contributed by atoms with Gasteiger partial charge in [-0.15, -0.1) is 0 Å². The summed E-state index contributed by atoms with van der Waals surface area (Å²) in [7, 11) is -2.56. The first-order valence-electron chi connectivity index (χ1n) is 8.28. The van der Waals surface area contributed by atoms with E-state index in [1.807, 2.05) is 0 Å². The molecule has 0 radical (unpaired) electrons. The predicted molar refractivity (Wildman–Crippen MR) is 103 cm³/mol. The number of hydrogen-bond acceptors (Lipinski definition) is 6. The number of sulfonamides is 1. The molecule has 2 aromatic carbocycles. The first-order valence-corrected chi connectivity index (χ1v) is 9.76. The van der Waals surface area contributed by atoms with E-state index in [-0.39, 0.29) is 22.8 Å². The molecule has 0 atom stereocenters. The molecular formula is C18H21N3O6S. The molecule has 2 amide bonds. The number of hydrogen-bond donors (Lipinski definition) is 3. The maximum absolute atomic E-state index is 12.8. The van der Waals surface area contributed by atoms with E-state index in [4.69, 9.17) is 4.74 Å². The Bertz CT molecular complexity index is 975. The van der Waals surface area contributed by atoms with Crippen LogP contribution in [0.25, 0.3) is 0 Å². The molecule has 2 rings (SSSR count). The summed E-state index contributed by atoms with van der Waals surface area (Å²) in [6.07, 6.45) is -0.825. The van der Waals surface area contributed by atoms with E-state index in [2.05, 4.69) is 20.3 Å². The molecule has 0 bridgehead atoms. The molecule has 0 aromatic heterocycles. The van der Waals surface area contributed by atoms with Crippen LogP contribution in [0.5, 0.6) is 5.75 Å². The fourth-order valence-corrected chi connectivity index (χ4v) is 3.65. The molecule has 0 spiro atoms. The second-order valence-electron chi connectivity index (χ2n) is 5.59. The van der Waals surface area contributed by atoms with Gasteiger partial charge in [-0.25, -0.2) is 18.6 Å². The van der Waals surface area contributed by atoms with Crippen LogP contribution < -0.4 is 20.3 Å². The Morgan fingerprint density at radius 1 is 1.07 bits per heavy atom. The van der Waals surface area contributed by atoms with E-state index in [1.54, 1.807) is 38.1 Å². The Kier molecular flexibility index (Phi) is 6.83. The molecule has 2 aromatic rings. The van der Waals surface area contributed by atoms with Gasteiger partial charge in [0, 0.05) is 5.56 Å². The van der Waals surface area contributed by atoms with Gasteiger partial charge in [-0.2, -0.15) is 0 Å². The number of para-hydroxylation sites is 2. The second-order valence-corrected chi connectivity index (χ2v) is 7.24. The van der Waals surface area contributed by atoms with Crippen molar-refractivity contribution in [3.05, 3.63) is 53.6 Å². The van der Waals surface area contributed by atoms with Crippen molar-refractivity contribution < 1.29 is 27.5 Å². The van der Waals surface area contributed by atoms with Gasteiger partial charge >= 0.3 is 6.09 Å². The first-order chi connectivity index (χ1) is 13.3. The Labute approximate surface area is 163 Å². The Balaban J connectivity index is 2.26. The SMILES string of the molecule is CCOC(=O)NNC(=O)c1ccc(C)c(S(=O)(=O)Nc2ccccc2OC)c1. The lowest BCUT2D eigenvalue weighted by molar-refractivity contribution is 0.0912. The van der Waals surface area contributed by atoms with Gasteiger partial charge in [-0.1, -0.05) is 18.2 Å². The Hall–Kier alpha value is -3.27. The summed E-state index contributed by atoms with van der Waals surface area (Å²) >= 11 is 0. The molecule has 28 heavy (non-hydrogen) atoms. The summed E-state index contributed by atoms with van der Waals surface area (Å²) in [5.41, 5.74) is 4.97. The van der Waals surface area contributed by atoms with Gasteiger partial charge in [0.25, 0.3) is 15.9 Å². The number of methoxy groups -OCH3 is 1. The quantitative estimate of drug-likeness (QED) is 0.631. The van der Waals surface area contributed by atoms with Gasteiger partial charge in [0.15, 0.2) is 0 Å². The Morgan fingerprint density at radius 2 is 1.79 bits per heavy atom. The Morgan fingerprint density at radius 3 is 2.46 bits per heavy atom. The van der Waals surface area contributed by atoms with E-state index in [9.17, 15) is 18.0 Å². The molecule has 0 fully saturated rings. The average Bonchev–Trinajstić information content (AvgIpc) is 2.66. The lowest BCUT2D eigenvalue weighted by atomic mass is 10.1. The predicted octanol–water partition coefficient (Wildman–Crippen LogP) is 2.20. The summed E-state index contributed by atoms with van der Waals surface area (Å²) in [4.78, 5) is 23.4. The molecule has 3 N–H and O–H groups in total. The highest BCUT2D eigenvalue weighted by molar-refractivity contribution is 7.92. The largest absolute Gasteiger partial charge is 0.495 e. The minimum atomic E-state index is -3.99. The molecule has 10 heteroatoms. The van der Waals surface area contributed by atoms with Gasteiger partial charge < -0.3 is 9.47 Å². The number of aryl methyl sites for hydroxylation is 1. The van der Waals surface area contributed by atoms with Crippen LogP contribution in [0, 0.1) is 6.92 Å². The number of nitrogens with one attached hydrogen (secondary N) is 3. The van der Waals surface area contributed by atoms with Crippen molar-refractivity contribution in [1.29, 1.82) is 0 Å². The van der Waals surface area contributed by atoms with Crippen LogP contribution in [0.1, 0.15) is 22.8 Å². The smallest absolute Gasteiger partial charge is 0.426 e. The number of rotatable bonds is 6. The van der Waals surface area contributed by atoms with Gasteiger partial charge in [-0.05, 0) is 43.7 Å². The molecule has 0 saturated carbocycles. The van der Waals surface area contributed by atoms with Crippen LogP contribution in [0.3, 0.4) is 0 Å². The maximum Gasteiger partial charge on any atom is 0.426 e. The van der Waals surface area contributed by atoms with Crippen molar-refractivity contribution in [2.24, 2.45) is 0 Å². The molecule has 0 heterocycles. The highest BCUT2D eigenvalue weighted by Crippen LogP contribution is 2.27. The third kappa shape index (κ3) is 5.13. The lowest BCUT2D eigenvalue weighted by Crippen LogP contribution is -2.42. The van der Waals surface area contributed by atoms with E-state index in [0.717, 1.165) is 0 Å². The molecule has 0 aliphatic heterocycles. The molecule has 150 valence electrons. The third-order valence-corrected chi connectivity index (χ3v) is 5.15. The van der Waals surface area contributed by atoms with Crippen molar-refractivity contribution in [1.82, 2.24) is 10.9 Å². The number of carbonyl (C=O) groups is 2. The van der Waals surface area contributed by atoms with Gasteiger partial charge in [0.05, 0.1) is 24.3 Å². The zero-order valence-corrected chi connectivity index (χ0v) is 16.4. The van der Waals surface area contributed by atoms with Crippen molar-refractivity contribution in [3.63, 3.8) is 0 Å². The zero-order valence-electron chi connectivity index (χ0n) is 15.6. The number of amides is 2. The van der Waals surface area contributed by atoms with E-state index >= 15 is 0 Å². The first kappa shape index (κ1) is 21.0. The second kappa shape index (κ2) is 9.09. The average molecular weight is 407 g/mol. The minimum Gasteiger partial charge on any atom is -0.495 e. The third-order valence-electron chi connectivity index (χ3n) is 3.64. The molecule has 0 unspecified atom stereocenters. The summed E-state index contributed by atoms with van der Waals surface area (Å²) in [6.45, 7) is 3.37. The number of benzene rings is 2. The fourth-order valence-electron chi connectivity index (χ4n) is 2.31. The molecule has 0 aliphatic rings. The molecule has 0 aliphatic carbocycles. The van der Waals surface area contributed by atoms with Gasteiger partial charge in [-0.3, -0.25) is 14.9 Å². The van der Waals surface area contributed by atoms with Crippen LogP contribution in [0.2, 0.25) is 0 Å². The van der Waals surface area contributed by atoms with Crippen molar-refractivity contribution in [2.45, 2.75) is 18.7 Å². The normalized spacial score (nSPS) is 10.7. The van der Waals surface area contributed by atoms with Gasteiger partial charge in [0.1, 0.15) is 5.75 Å². The van der Waals surface area contributed by atoms with Crippen LogP contribution in [0.4, 0.5) is 10.5 Å². The zero-order chi connectivity index (χ0) is 20.7. The number of ether oxygens (including phenoxy) is 2. The lowest BCUT2D eigenvalue weighted by Gasteiger charge is -2.14. The fraction of sp³-hybridized carbons (Fsp3) is 0.222. The summed E-state index contributed by atoms with van der Waals surface area (Å²) in [5, 5.41) is 0. The van der Waals surface area contributed by atoms with Crippen LogP contribution in [-0.2, 0) is 14.8 Å². The topological polar surface area (TPSA) is 123 Å². The minimum absolute atomic E-state index is 0.0443. The van der Waals surface area contributed by atoms with Gasteiger partial charge in [0.2, 0.25) is 0 Å². The summed E-state index contributed by atoms with van der Waals surface area (Å²) in [6, 6.07) is 10.7. The van der Waals surface area contributed by atoms with Crippen LogP contribution in [0.15, 0.2) is 47.4 Å². The highest BCUT2D eigenvalue weighted by atomic mass is 32.2. The van der Waals surface area contributed by atoms with Crippen molar-refractivity contribution >= 4 is 27.7 Å². The highest BCUT2D eigenvalue weighted by Gasteiger charge is 2.21. The molecule has 9 nitrogen and oxygen atoms in total. The number of anilines is 1. The summed E-state index contributed by atoms with van der Waals surface area (Å²) in [5.74, 6) is -0.335. The van der Waals surface area contributed by atoms with E-state index in [0.29, 0.717) is 11.3 Å². The summed E-state index contributed by atoms with van der Waals surface area (Å²) < 4.78 is 37.9. The number of hydrazine groups is 1. The van der Waals surface area contributed by atoms with E-state index in [1.165, 1.54) is 25.3 Å². The van der Waals surface area contributed by atoms with Crippen molar-refractivity contribution in [2.75, 3.05) is 18.4 Å². The standard InChI is InChI=1S/C18H21N3O6S/c1-4-27-18(23)20-19-17(22)13-10-9-12(2)16(11-13)28(24,25)21-14-7-5-6-8-15(14)26-3/h5-11,21H,4H2,1-3H3,(H,19,22)(H,20,23). The maximum atomic E-state index is 12.8. The molecule has 0 saturated heterocycles. The number of carbonyl (C=O) groups excluding carboxylic acids is 2. The monoisotopic (exact) mass is 407 g/mol. The van der Waals surface area contributed by atoms with Crippen molar-refractivity contribution in [3.8, 4) is 5.75 Å². The van der Waals surface area contributed by atoms with E-state index < -0.39 is 22.0 Å². The van der Waals surface area contributed by atoms with Crippen LogP contribution in [-0.4, -0.2) is 34.1 Å². The molecular weight excluding hydrogens is 386 g/mol. The van der Waals surface area contributed by atoms with Crippen LogP contribution >= 0.6 is 0 Å².